The number of aryl methyl sites for hydroxylation is 1. The SMILES string of the molecule is CCC1=CC2Oc3ccc(C)c4cnn(c34)C2C=C1. The van der Waals surface area contributed by atoms with Gasteiger partial charge in [0.05, 0.1) is 6.20 Å². The predicted octanol–water partition coefficient (Wildman–Crippen LogP) is 3.55. The molecule has 1 aromatic carbocycles. The molecule has 2 heterocycles. The predicted molar refractivity (Wildman–Crippen MR) is 75.4 cm³/mol. The van der Waals surface area contributed by atoms with E-state index in [0.29, 0.717) is 0 Å². The lowest BCUT2D eigenvalue weighted by Crippen LogP contribution is -2.32. The highest BCUT2D eigenvalue weighted by molar-refractivity contribution is 5.88. The molecule has 0 spiro atoms. The van der Waals surface area contributed by atoms with E-state index in [2.05, 4.69) is 54.0 Å². The zero-order chi connectivity index (χ0) is 13.0. The van der Waals surface area contributed by atoms with Crippen molar-refractivity contribution in [2.45, 2.75) is 32.4 Å². The van der Waals surface area contributed by atoms with Gasteiger partial charge in [0, 0.05) is 5.39 Å². The summed E-state index contributed by atoms with van der Waals surface area (Å²) in [6, 6.07) is 4.35. The first-order chi connectivity index (χ1) is 9.28. The number of nitrogens with zero attached hydrogens (tertiary/aromatic N) is 2. The number of aromatic nitrogens is 2. The Balaban J connectivity index is 1.93. The summed E-state index contributed by atoms with van der Waals surface area (Å²) < 4.78 is 8.27. The van der Waals surface area contributed by atoms with Crippen molar-refractivity contribution in [3.63, 3.8) is 0 Å². The molecule has 0 saturated carbocycles. The normalized spacial score (nSPS) is 24.0. The molecule has 0 N–H and O–H groups in total. The molecule has 0 amide bonds. The zero-order valence-electron chi connectivity index (χ0n) is 11.1. The van der Waals surface area contributed by atoms with Crippen LogP contribution in [0.1, 0.15) is 24.9 Å². The molecule has 2 unspecified atom stereocenters. The minimum absolute atomic E-state index is 0.0678. The Morgan fingerprint density at radius 1 is 1.37 bits per heavy atom. The van der Waals surface area contributed by atoms with Crippen molar-refractivity contribution in [2.75, 3.05) is 0 Å². The lowest BCUT2D eigenvalue weighted by molar-refractivity contribution is 0.182. The van der Waals surface area contributed by atoms with Gasteiger partial charge in [-0.3, -0.25) is 4.68 Å². The standard InChI is InChI=1S/C16H16N2O/c1-3-11-5-6-13-15(8-11)19-14-7-4-10(2)12-9-17-18(13)16(12)14/h4-9,13,15H,3H2,1-2H3. The van der Waals surface area contributed by atoms with E-state index in [-0.39, 0.29) is 12.1 Å². The van der Waals surface area contributed by atoms with Gasteiger partial charge >= 0.3 is 0 Å². The number of benzene rings is 1. The topological polar surface area (TPSA) is 27.1 Å². The molecule has 0 bridgehead atoms. The quantitative estimate of drug-likeness (QED) is 0.776. The maximum absolute atomic E-state index is 6.16. The second-order valence-electron chi connectivity index (χ2n) is 5.26. The van der Waals surface area contributed by atoms with Crippen LogP contribution in [0.3, 0.4) is 0 Å². The zero-order valence-corrected chi connectivity index (χ0v) is 11.1. The molecule has 2 aromatic rings. The lowest BCUT2D eigenvalue weighted by Gasteiger charge is -2.32. The highest BCUT2D eigenvalue weighted by atomic mass is 16.5. The van der Waals surface area contributed by atoms with E-state index in [0.717, 1.165) is 17.7 Å². The molecule has 19 heavy (non-hydrogen) atoms. The van der Waals surface area contributed by atoms with E-state index >= 15 is 0 Å². The van der Waals surface area contributed by atoms with Crippen molar-refractivity contribution in [1.82, 2.24) is 9.78 Å². The van der Waals surface area contributed by atoms with Gasteiger partial charge in [-0.1, -0.05) is 25.1 Å². The van der Waals surface area contributed by atoms with Crippen LogP contribution in [0.4, 0.5) is 0 Å². The first-order valence-electron chi connectivity index (χ1n) is 6.80. The third kappa shape index (κ3) is 1.41. The lowest BCUT2D eigenvalue weighted by atomic mass is 9.97. The fourth-order valence-corrected chi connectivity index (χ4v) is 2.99. The molecule has 0 radical (unpaired) electrons. The third-order valence-electron chi connectivity index (χ3n) is 4.11. The Bertz CT molecular complexity index is 724. The van der Waals surface area contributed by atoms with Crippen LogP contribution >= 0.6 is 0 Å². The van der Waals surface area contributed by atoms with Gasteiger partial charge in [0.1, 0.15) is 23.4 Å². The smallest absolute Gasteiger partial charge is 0.146 e. The van der Waals surface area contributed by atoms with Gasteiger partial charge < -0.3 is 4.74 Å². The number of hydrogen-bond donors (Lipinski definition) is 0. The van der Waals surface area contributed by atoms with Crippen LogP contribution in [0, 0.1) is 6.92 Å². The maximum Gasteiger partial charge on any atom is 0.146 e. The van der Waals surface area contributed by atoms with Crippen molar-refractivity contribution in [3.05, 3.63) is 47.7 Å². The fourth-order valence-electron chi connectivity index (χ4n) is 2.99. The largest absolute Gasteiger partial charge is 0.481 e. The molecule has 1 aliphatic carbocycles. The van der Waals surface area contributed by atoms with Gasteiger partial charge in [0.25, 0.3) is 0 Å². The molecule has 0 saturated heterocycles. The van der Waals surface area contributed by atoms with E-state index < -0.39 is 0 Å². The van der Waals surface area contributed by atoms with Gasteiger partial charge in [-0.2, -0.15) is 5.10 Å². The Labute approximate surface area is 112 Å². The van der Waals surface area contributed by atoms with Gasteiger partial charge in [-0.25, -0.2) is 0 Å². The Hall–Kier alpha value is -2.03. The van der Waals surface area contributed by atoms with Crippen molar-refractivity contribution < 1.29 is 4.74 Å². The number of hydrogen-bond acceptors (Lipinski definition) is 2. The van der Waals surface area contributed by atoms with Crippen molar-refractivity contribution in [3.8, 4) is 5.75 Å². The molecule has 3 heteroatoms. The third-order valence-corrected chi connectivity index (χ3v) is 4.11. The monoisotopic (exact) mass is 252 g/mol. The van der Waals surface area contributed by atoms with E-state index in [1.54, 1.807) is 0 Å². The highest BCUT2D eigenvalue weighted by Gasteiger charge is 2.31. The Morgan fingerprint density at radius 2 is 2.26 bits per heavy atom. The summed E-state index contributed by atoms with van der Waals surface area (Å²) in [7, 11) is 0. The summed E-state index contributed by atoms with van der Waals surface area (Å²) in [4.78, 5) is 0. The average molecular weight is 252 g/mol. The number of allylic oxidation sites excluding steroid dienone is 2. The summed E-state index contributed by atoms with van der Waals surface area (Å²) in [5.41, 5.74) is 3.70. The van der Waals surface area contributed by atoms with Crippen molar-refractivity contribution in [1.29, 1.82) is 0 Å². The van der Waals surface area contributed by atoms with Gasteiger partial charge in [-0.15, -0.1) is 0 Å². The maximum atomic E-state index is 6.16. The van der Waals surface area contributed by atoms with Gasteiger partial charge in [0.2, 0.25) is 0 Å². The minimum Gasteiger partial charge on any atom is -0.481 e. The van der Waals surface area contributed by atoms with Crippen LogP contribution in [0.25, 0.3) is 10.9 Å². The van der Waals surface area contributed by atoms with Gasteiger partial charge in [-0.05, 0) is 36.6 Å². The molecule has 96 valence electrons. The summed E-state index contributed by atoms with van der Waals surface area (Å²) in [5, 5.41) is 5.77. The minimum atomic E-state index is 0.0678. The number of fused-ring (bicyclic) bond motifs is 2. The van der Waals surface area contributed by atoms with Crippen molar-refractivity contribution in [2.24, 2.45) is 0 Å². The van der Waals surface area contributed by atoms with Gasteiger partial charge in [0.15, 0.2) is 0 Å². The van der Waals surface area contributed by atoms with Crippen LogP contribution in [0.5, 0.6) is 5.75 Å². The second-order valence-corrected chi connectivity index (χ2v) is 5.26. The molecule has 4 rings (SSSR count). The molecule has 2 atom stereocenters. The molecule has 1 aromatic heterocycles. The van der Waals surface area contributed by atoms with Crippen molar-refractivity contribution >= 4 is 10.9 Å². The number of rotatable bonds is 1. The average Bonchev–Trinajstić information content (AvgIpc) is 2.89. The number of ether oxygens (including phenoxy) is 1. The molecule has 1 aliphatic heterocycles. The van der Waals surface area contributed by atoms with E-state index in [1.165, 1.54) is 16.5 Å². The van der Waals surface area contributed by atoms with Crippen LogP contribution < -0.4 is 4.74 Å². The van der Waals surface area contributed by atoms with E-state index in [9.17, 15) is 0 Å². The fraction of sp³-hybridized carbons (Fsp3) is 0.312. The molecule has 3 nitrogen and oxygen atoms in total. The summed E-state index contributed by atoms with van der Waals surface area (Å²) in [6.45, 7) is 4.28. The Morgan fingerprint density at radius 3 is 3.11 bits per heavy atom. The Kier molecular flexibility index (Phi) is 2.13. The van der Waals surface area contributed by atoms with Crippen LogP contribution in [0.2, 0.25) is 0 Å². The van der Waals surface area contributed by atoms with E-state index in [1.807, 2.05) is 6.20 Å². The molecule has 2 aliphatic rings. The van der Waals surface area contributed by atoms with Crippen LogP contribution in [0.15, 0.2) is 42.1 Å². The highest BCUT2D eigenvalue weighted by Crippen LogP contribution is 2.39. The molecular weight excluding hydrogens is 236 g/mol. The van der Waals surface area contributed by atoms with E-state index in [4.69, 9.17) is 4.74 Å². The second kappa shape index (κ2) is 3.73. The summed E-state index contributed by atoms with van der Waals surface area (Å²) in [6.07, 6.45) is 9.69. The first kappa shape index (κ1) is 10.9. The van der Waals surface area contributed by atoms with Crippen LogP contribution in [-0.2, 0) is 0 Å². The summed E-state index contributed by atoms with van der Waals surface area (Å²) in [5.74, 6) is 0.946. The molecule has 0 fully saturated rings. The molecular formula is C16H16N2O. The van der Waals surface area contributed by atoms with Crippen LogP contribution in [-0.4, -0.2) is 15.9 Å². The first-order valence-corrected chi connectivity index (χ1v) is 6.80. The summed E-state index contributed by atoms with van der Waals surface area (Å²) >= 11 is 0.